The van der Waals surface area contributed by atoms with Crippen LogP contribution in [0.5, 0.6) is 5.19 Å². The molecule has 1 amide bonds. The third-order valence-electron chi connectivity index (χ3n) is 3.47. The smallest absolute Gasteiger partial charge is 0.294 e. The number of carbonyl (C=O) groups is 1. The molecule has 0 aliphatic carbocycles. The highest BCUT2D eigenvalue weighted by Gasteiger charge is 2.26. The van der Waals surface area contributed by atoms with Gasteiger partial charge in [-0.25, -0.2) is 0 Å². The lowest BCUT2D eigenvalue weighted by molar-refractivity contribution is -0.0643. The van der Waals surface area contributed by atoms with E-state index in [1.54, 1.807) is 0 Å². The van der Waals surface area contributed by atoms with Crippen LogP contribution in [0.15, 0.2) is 5.16 Å². The van der Waals surface area contributed by atoms with Gasteiger partial charge in [-0.15, -0.1) is 0 Å². The van der Waals surface area contributed by atoms with E-state index in [2.05, 4.69) is 9.36 Å². The Balaban J connectivity index is 1.44. The van der Waals surface area contributed by atoms with Gasteiger partial charge in [-0.2, -0.15) is 9.36 Å². The zero-order valence-corrected chi connectivity index (χ0v) is 14.0. The van der Waals surface area contributed by atoms with Gasteiger partial charge in [0.15, 0.2) is 6.29 Å². The average Bonchev–Trinajstić information content (AvgIpc) is 3.26. The number of nitrogens with zero attached hydrogens (tertiary/aromatic N) is 3. The van der Waals surface area contributed by atoms with Crippen molar-refractivity contribution >= 4 is 28.5 Å². The first-order valence-electron chi connectivity index (χ1n) is 7.45. The van der Waals surface area contributed by atoms with Gasteiger partial charge in [0.2, 0.25) is 5.16 Å². The second-order valence-electron chi connectivity index (χ2n) is 5.15. The van der Waals surface area contributed by atoms with Gasteiger partial charge >= 0.3 is 0 Å². The van der Waals surface area contributed by atoms with E-state index in [1.165, 1.54) is 0 Å². The van der Waals surface area contributed by atoms with Crippen LogP contribution in [0.1, 0.15) is 26.2 Å². The summed E-state index contributed by atoms with van der Waals surface area (Å²) < 4.78 is 20.8. The molecule has 9 heteroatoms. The summed E-state index contributed by atoms with van der Waals surface area (Å²) in [5.41, 5.74) is 0. The van der Waals surface area contributed by atoms with Gasteiger partial charge < -0.3 is 19.1 Å². The molecule has 1 aromatic rings. The number of aromatic nitrogens is 2. The van der Waals surface area contributed by atoms with Crippen LogP contribution in [0.25, 0.3) is 0 Å². The molecule has 7 nitrogen and oxygen atoms in total. The summed E-state index contributed by atoms with van der Waals surface area (Å²) in [4.78, 5) is 18.1. The quantitative estimate of drug-likeness (QED) is 0.759. The number of amides is 1. The fourth-order valence-electron chi connectivity index (χ4n) is 2.31. The normalized spacial score (nSPS) is 24.9. The highest BCUT2D eigenvalue weighted by atomic mass is 32.2. The monoisotopic (exact) mass is 345 g/mol. The van der Waals surface area contributed by atoms with Crippen molar-refractivity contribution in [3.63, 3.8) is 0 Å². The number of rotatable bonds is 5. The van der Waals surface area contributed by atoms with Gasteiger partial charge in [0.05, 0.1) is 6.61 Å². The molecule has 3 rings (SSSR count). The lowest BCUT2D eigenvalue weighted by atomic mass is 10.4. The van der Waals surface area contributed by atoms with Gasteiger partial charge in [0, 0.05) is 36.4 Å². The number of carbonyl (C=O) groups excluding carboxylic acids is 1. The lowest BCUT2D eigenvalue weighted by Gasteiger charge is -2.12. The second-order valence-corrected chi connectivity index (χ2v) is 6.78. The molecule has 0 aromatic carbocycles. The Morgan fingerprint density at radius 2 is 2.32 bits per heavy atom. The van der Waals surface area contributed by atoms with Gasteiger partial charge in [-0.05, 0) is 19.3 Å². The Bertz CT molecular complexity index is 507. The summed E-state index contributed by atoms with van der Waals surface area (Å²) in [5, 5.41) is 0.923. The summed E-state index contributed by atoms with van der Waals surface area (Å²) in [7, 11) is 0. The second kappa shape index (κ2) is 7.58. The fraction of sp³-hybridized carbons (Fsp3) is 0.769. The van der Waals surface area contributed by atoms with Gasteiger partial charge in [-0.1, -0.05) is 6.92 Å². The Labute approximate surface area is 137 Å². The van der Waals surface area contributed by atoms with E-state index in [0.717, 1.165) is 55.6 Å². The Hall–Kier alpha value is -0.900. The highest BCUT2D eigenvalue weighted by molar-refractivity contribution is 8.13. The number of likely N-dealkylation sites (tertiary alicyclic amines) is 1. The molecule has 2 aliphatic heterocycles. The minimum atomic E-state index is -0.132. The molecule has 0 spiro atoms. The van der Waals surface area contributed by atoms with Crippen LogP contribution in [0, 0.1) is 0 Å². The van der Waals surface area contributed by atoms with Gasteiger partial charge in [0.1, 0.15) is 12.7 Å². The van der Waals surface area contributed by atoms with E-state index in [4.69, 9.17) is 14.2 Å². The summed E-state index contributed by atoms with van der Waals surface area (Å²) in [6, 6.07) is 0. The molecule has 1 aromatic heterocycles. The Morgan fingerprint density at radius 1 is 1.50 bits per heavy atom. The van der Waals surface area contributed by atoms with Crippen molar-refractivity contribution in [2.45, 2.75) is 43.7 Å². The van der Waals surface area contributed by atoms with Gasteiger partial charge in [-0.3, -0.25) is 4.79 Å². The third-order valence-corrected chi connectivity index (χ3v) is 5.01. The predicted molar refractivity (Wildman–Crippen MR) is 82.4 cm³/mol. The molecule has 0 N–H and O–H groups in total. The summed E-state index contributed by atoms with van der Waals surface area (Å²) >= 11 is 2.22. The molecule has 2 atom stereocenters. The molecule has 2 aliphatic rings. The molecular weight excluding hydrogens is 326 g/mol. The third kappa shape index (κ3) is 4.09. The van der Waals surface area contributed by atoms with Crippen LogP contribution >= 0.6 is 23.3 Å². The van der Waals surface area contributed by atoms with Crippen LogP contribution < -0.4 is 4.74 Å². The van der Waals surface area contributed by atoms with Crippen LogP contribution in [0.3, 0.4) is 0 Å². The predicted octanol–water partition coefficient (Wildman–Crippen LogP) is 2.38. The van der Waals surface area contributed by atoms with E-state index in [1.807, 2.05) is 11.8 Å². The topological polar surface area (TPSA) is 73.8 Å². The SMILES string of the molecule is CCC1OCC(COc2nc(SC(=O)N3CCCC3)ns2)O1. The first kappa shape index (κ1) is 16.0. The number of hydrogen-bond donors (Lipinski definition) is 0. The minimum Gasteiger partial charge on any atom is -0.466 e. The number of thioether (sulfide) groups is 1. The first-order valence-corrected chi connectivity index (χ1v) is 9.04. The van der Waals surface area contributed by atoms with E-state index < -0.39 is 0 Å². The lowest BCUT2D eigenvalue weighted by Crippen LogP contribution is -2.23. The summed E-state index contributed by atoms with van der Waals surface area (Å²) in [6.07, 6.45) is 2.78. The maximum Gasteiger partial charge on any atom is 0.294 e. The van der Waals surface area contributed by atoms with Crippen molar-refractivity contribution in [2.75, 3.05) is 26.3 Å². The zero-order valence-electron chi connectivity index (χ0n) is 12.4. The molecule has 3 heterocycles. The first-order chi connectivity index (χ1) is 10.7. The van der Waals surface area contributed by atoms with Crippen LogP contribution in [-0.4, -0.2) is 58.2 Å². The maximum absolute atomic E-state index is 12.0. The minimum absolute atomic E-state index is 0.0140. The molecule has 0 saturated carbocycles. The van der Waals surface area contributed by atoms with Crippen molar-refractivity contribution in [1.29, 1.82) is 0 Å². The molecular formula is C13H19N3O4S2. The fourth-order valence-corrected chi connectivity index (χ4v) is 3.67. The Morgan fingerprint density at radius 3 is 3.05 bits per heavy atom. The molecule has 2 saturated heterocycles. The van der Waals surface area contributed by atoms with Crippen molar-refractivity contribution in [3.05, 3.63) is 0 Å². The molecule has 22 heavy (non-hydrogen) atoms. The van der Waals surface area contributed by atoms with E-state index in [-0.39, 0.29) is 17.6 Å². The number of hydrogen-bond acceptors (Lipinski definition) is 8. The summed E-state index contributed by atoms with van der Waals surface area (Å²) in [5.74, 6) is 0. The Kier molecular flexibility index (Phi) is 5.51. The molecule has 0 bridgehead atoms. The standard InChI is InChI=1S/C13H19N3O4S2/c1-2-10-18-7-9(20-10)8-19-12-14-11(15-22-12)21-13(17)16-5-3-4-6-16/h9-10H,2-8H2,1H3. The largest absolute Gasteiger partial charge is 0.466 e. The summed E-state index contributed by atoms with van der Waals surface area (Å²) in [6.45, 7) is 4.59. The van der Waals surface area contributed by atoms with Crippen LogP contribution in [-0.2, 0) is 9.47 Å². The van der Waals surface area contributed by atoms with Crippen molar-refractivity contribution in [1.82, 2.24) is 14.3 Å². The maximum atomic E-state index is 12.0. The molecule has 122 valence electrons. The molecule has 2 fully saturated rings. The molecule has 2 unspecified atom stereocenters. The van der Waals surface area contributed by atoms with E-state index in [0.29, 0.717) is 23.6 Å². The van der Waals surface area contributed by atoms with Crippen molar-refractivity contribution < 1.29 is 19.0 Å². The van der Waals surface area contributed by atoms with Crippen molar-refractivity contribution in [2.24, 2.45) is 0 Å². The van der Waals surface area contributed by atoms with Crippen LogP contribution in [0.4, 0.5) is 4.79 Å². The van der Waals surface area contributed by atoms with E-state index >= 15 is 0 Å². The van der Waals surface area contributed by atoms with E-state index in [9.17, 15) is 4.79 Å². The average molecular weight is 345 g/mol. The van der Waals surface area contributed by atoms with Gasteiger partial charge in [0.25, 0.3) is 10.4 Å². The highest BCUT2D eigenvalue weighted by Crippen LogP contribution is 2.26. The van der Waals surface area contributed by atoms with Crippen molar-refractivity contribution in [3.8, 4) is 5.19 Å². The van der Waals surface area contributed by atoms with Crippen LogP contribution in [0.2, 0.25) is 0 Å². The zero-order chi connectivity index (χ0) is 15.4. The molecule has 0 radical (unpaired) electrons. The number of ether oxygens (including phenoxy) is 3.